The van der Waals surface area contributed by atoms with Gasteiger partial charge >= 0.3 is 0 Å². The zero-order valence-electron chi connectivity index (χ0n) is 11.0. The van der Waals surface area contributed by atoms with Crippen molar-refractivity contribution >= 4 is 11.6 Å². The fraction of sp³-hybridized carbons (Fsp3) is 0.615. The summed E-state index contributed by atoms with van der Waals surface area (Å²) >= 11 is 0. The van der Waals surface area contributed by atoms with Gasteiger partial charge in [0.2, 0.25) is 0 Å². The summed E-state index contributed by atoms with van der Waals surface area (Å²) in [4.78, 5) is 13.1. The first kappa shape index (κ1) is 13.0. The molecule has 0 amide bonds. The van der Waals surface area contributed by atoms with Gasteiger partial charge in [-0.15, -0.1) is 5.10 Å². The number of hydrogen-bond acceptors (Lipinski definition) is 5. The molecule has 1 N–H and O–H groups in total. The van der Waals surface area contributed by atoms with Crippen molar-refractivity contribution in [3.8, 4) is 0 Å². The van der Waals surface area contributed by atoms with Gasteiger partial charge in [-0.3, -0.25) is 4.79 Å². The maximum Gasteiger partial charge on any atom is 0.148 e. The second-order valence-electron chi connectivity index (χ2n) is 4.97. The number of nitrogens with one attached hydrogen (secondary N) is 1. The van der Waals surface area contributed by atoms with Crippen LogP contribution >= 0.6 is 0 Å². The Kier molecular flexibility index (Phi) is 4.25. The molecule has 0 saturated carbocycles. The third-order valence-electron chi connectivity index (χ3n) is 3.28. The van der Waals surface area contributed by atoms with Crippen LogP contribution in [0.2, 0.25) is 0 Å². The Morgan fingerprint density at radius 1 is 1.50 bits per heavy atom. The molecular formula is C13H20N4O. The topological polar surface area (TPSA) is 58.1 Å². The Balaban J connectivity index is 1.87. The molecule has 1 aliphatic heterocycles. The summed E-state index contributed by atoms with van der Waals surface area (Å²) in [6.45, 7) is 4.40. The van der Waals surface area contributed by atoms with Crippen LogP contribution in [0.3, 0.4) is 0 Å². The number of carbonyl (C=O) groups excluding carboxylic acids is 1. The van der Waals surface area contributed by atoms with E-state index >= 15 is 0 Å². The highest BCUT2D eigenvalue weighted by Crippen LogP contribution is 2.24. The van der Waals surface area contributed by atoms with Crippen LogP contribution in [0.15, 0.2) is 12.1 Å². The maximum absolute atomic E-state index is 10.8. The third kappa shape index (κ3) is 3.50. The van der Waals surface area contributed by atoms with Gasteiger partial charge < -0.3 is 10.2 Å². The van der Waals surface area contributed by atoms with E-state index in [1.54, 1.807) is 6.92 Å². The smallest absolute Gasteiger partial charge is 0.148 e. The number of aromatic nitrogens is 2. The van der Waals surface area contributed by atoms with Crippen LogP contribution in [0.5, 0.6) is 0 Å². The molecular weight excluding hydrogens is 228 g/mol. The number of ketones is 1. The van der Waals surface area contributed by atoms with Crippen molar-refractivity contribution in [3.63, 3.8) is 0 Å². The minimum absolute atomic E-state index is 0.182. The van der Waals surface area contributed by atoms with Crippen LogP contribution in [0.4, 0.5) is 5.82 Å². The summed E-state index contributed by atoms with van der Waals surface area (Å²) < 4.78 is 0. The molecule has 5 nitrogen and oxygen atoms in total. The molecule has 0 aromatic carbocycles. The lowest BCUT2D eigenvalue weighted by molar-refractivity contribution is -0.116. The van der Waals surface area contributed by atoms with Gasteiger partial charge in [0.1, 0.15) is 11.6 Å². The lowest BCUT2D eigenvalue weighted by Crippen LogP contribution is -2.14. The zero-order valence-corrected chi connectivity index (χ0v) is 11.0. The van der Waals surface area contributed by atoms with Crippen LogP contribution in [0, 0.1) is 0 Å². The van der Waals surface area contributed by atoms with Gasteiger partial charge in [0.25, 0.3) is 0 Å². The fourth-order valence-corrected chi connectivity index (χ4v) is 2.20. The quantitative estimate of drug-likeness (QED) is 0.851. The first-order chi connectivity index (χ1) is 8.65. The second kappa shape index (κ2) is 5.91. The third-order valence-corrected chi connectivity index (χ3v) is 3.28. The molecule has 5 heteroatoms. The van der Waals surface area contributed by atoms with Crippen molar-refractivity contribution in [3.05, 3.63) is 17.8 Å². The molecule has 1 aliphatic rings. The van der Waals surface area contributed by atoms with Crippen LogP contribution < -0.4 is 5.32 Å². The van der Waals surface area contributed by atoms with Gasteiger partial charge in [0, 0.05) is 25.4 Å². The standard InChI is InChI=1S/C13H20N4O/c1-10(18)5-7-14-13-4-3-12(15-16-13)11-6-8-17(2)9-11/h3-4,11H,5-9H2,1-2H3,(H,14,16). The number of hydrogen-bond donors (Lipinski definition) is 1. The van der Waals surface area contributed by atoms with Crippen molar-refractivity contribution in [1.29, 1.82) is 0 Å². The Labute approximate surface area is 108 Å². The number of likely N-dealkylation sites (tertiary alicyclic amines) is 1. The Bertz CT molecular complexity index is 404. The van der Waals surface area contributed by atoms with Crippen LogP contribution in [-0.4, -0.2) is 47.6 Å². The van der Waals surface area contributed by atoms with Gasteiger partial charge in [0.15, 0.2) is 0 Å². The SMILES string of the molecule is CC(=O)CCNc1ccc(C2CCN(C)C2)nn1. The molecule has 0 radical (unpaired) electrons. The Morgan fingerprint density at radius 2 is 2.33 bits per heavy atom. The number of Topliss-reactive ketones (excluding diaryl/α,β-unsaturated/α-hetero) is 1. The summed E-state index contributed by atoms with van der Waals surface area (Å²) in [5.74, 6) is 1.43. The molecule has 0 aliphatic carbocycles. The number of rotatable bonds is 5. The lowest BCUT2D eigenvalue weighted by Gasteiger charge is -2.10. The van der Waals surface area contributed by atoms with Gasteiger partial charge in [-0.1, -0.05) is 0 Å². The van der Waals surface area contributed by atoms with E-state index in [0.29, 0.717) is 18.9 Å². The van der Waals surface area contributed by atoms with E-state index in [9.17, 15) is 4.79 Å². The first-order valence-electron chi connectivity index (χ1n) is 6.40. The highest BCUT2D eigenvalue weighted by molar-refractivity contribution is 5.75. The number of anilines is 1. The molecule has 1 saturated heterocycles. The number of carbonyl (C=O) groups is 1. The Morgan fingerprint density at radius 3 is 2.89 bits per heavy atom. The van der Waals surface area contributed by atoms with E-state index in [4.69, 9.17) is 0 Å². The van der Waals surface area contributed by atoms with Crippen molar-refractivity contribution < 1.29 is 4.79 Å². The number of likely N-dealkylation sites (N-methyl/N-ethyl adjacent to an activating group) is 1. The maximum atomic E-state index is 10.8. The Hall–Kier alpha value is -1.49. The predicted molar refractivity (Wildman–Crippen MR) is 70.7 cm³/mol. The highest BCUT2D eigenvalue weighted by Gasteiger charge is 2.22. The van der Waals surface area contributed by atoms with Crippen LogP contribution in [-0.2, 0) is 4.79 Å². The minimum atomic E-state index is 0.182. The molecule has 1 aromatic rings. The van der Waals surface area contributed by atoms with Crippen LogP contribution in [0.1, 0.15) is 31.4 Å². The molecule has 2 rings (SSSR count). The van der Waals surface area contributed by atoms with Gasteiger partial charge in [-0.25, -0.2) is 0 Å². The predicted octanol–water partition coefficient (Wildman–Crippen LogP) is 1.29. The summed E-state index contributed by atoms with van der Waals surface area (Å²) in [7, 11) is 2.13. The summed E-state index contributed by atoms with van der Waals surface area (Å²) in [5.41, 5.74) is 1.07. The second-order valence-corrected chi connectivity index (χ2v) is 4.97. The summed E-state index contributed by atoms with van der Waals surface area (Å²) in [6, 6.07) is 3.98. The molecule has 1 unspecified atom stereocenters. The molecule has 0 spiro atoms. The van der Waals surface area contributed by atoms with E-state index in [0.717, 1.165) is 31.0 Å². The monoisotopic (exact) mass is 248 g/mol. The largest absolute Gasteiger partial charge is 0.368 e. The lowest BCUT2D eigenvalue weighted by atomic mass is 10.1. The van der Waals surface area contributed by atoms with Crippen molar-refractivity contribution in [2.75, 3.05) is 32.0 Å². The van der Waals surface area contributed by atoms with Gasteiger partial charge in [0.05, 0.1) is 5.69 Å². The average molecular weight is 248 g/mol. The van der Waals surface area contributed by atoms with E-state index in [2.05, 4.69) is 27.5 Å². The number of nitrogens with zero attached hydrogens (tertiary/aromatic N) is 3. The van der Waals surface area contributed by atoms with Crippen LogP contribution in [0.25, 0.3) is 0 Å². The van der Waals surface area contributed by atoms with E-state index in [1.807, 2.05) is 12.1 Å². The fourth-order valence-electron chi connectivity index (χ4n) is 2.20. The molecule has 1 fully saturated rings. The van der Waals surface area contributed by atoms with Crippen molar-refractivity contribution in [2.45, 2.75) is 25.7 Å². The first-order valence-corrected chi connectivity index (χ1v) is 6.40. The molecule has 98 valence electrons. The average Bonchev–Trinajstić information content (AvgIpc) is 2.76. The molecule has 1 atom stereocenters. The highest BCUT2D eigenvalue weighted by atomic mass is 16.1. The van der Waals surface area contributed by atoms with E-state index in [1.165, 1.54) is 0 Å². The summed E-state index contributed by atoms with van der Waals surface area (Å²) in [6.07, 6.45) is 1.68. The van der Waals surface area contributed by atoms with Gasteiger partial charge in [-0.05, 0) is 39.1 Å². The zero-order chi connectivity index (χ0) is 13.0. The van der Waals surface area contributed by atoms with Crippen molar-refractivity contribution in [1.82, 2.24) is 15.1 Å². The normalized spacial score (nSPS) is 20.0. The molecule has 2 heterocycles. The molecule has 1 aromatic heterocycles. The van der Waals surface area contributed by atoms with E-state index in [-0.39, 0.29) is 5.78 Å². The molecule has 0 bridgehead atoms. The van der Waals surface area contributed by atoms with Gasteiger partial charge in [-0.2, -0.15) is 5.10 Å². The summed E-state index contributed by atoms with van der Waals surface area (Å²) in [5, 5.41) is 11.5. The molecule has 18 heavy (non-hydrogen) atoms. The van der Waals surface area contributed by atoms with E-state index < -0.39 is 0 Å². The minimum Gasteiger partial charge on any atom is -0.368 e. The van der Waals surface area contributed by atoms with Crippen molar-refractivity contribution in [2.24, 2.45) is 0 Å².